The minimum Gasteiger partial charge on any atom is -0.301 e. The molecular weight excluding hydrogens is 318 g/mol. The zero-order valence-corrected chi connectivity index (χ0v) is 15.6. The first-order valence-corrected chi connectivity index (χ1v) is 10.2. The zero-order chi connectivity index (χ0) is 16.3. The molecule has 1 fully saturated rings. The normalized spacial score (nSPS) is 19.5. The zero-order valence-electron chi connectivity index (χ0n) is 13.9. The smallest absolute Gasteiger partial charge is 0.250 e. The van der Waals surface area contributed by atoms with Crippen LogP contribution in [0.15, 0.2) is 10.3 Å². The summed E-state index contributed by atoms with van der Waals surface area (Å²) in [4.78, 5) is 5.84. The quantitative estimate of drug-likeness (QED) is 0.852. The fraction of sp³-hybridized carbons (Fsp3) is 0.733. The molecule has 2 rings (SSSR count). The second-order valence-electron chi connectivity index (χ2n) is 5.98. The molecule has 0 saturated carbocycles. The van der Waals surface area contributed by atoms with Gasteiger partial charge in [-0.15, -0.1) is 11.3 Å². The molecule has 1 saturated heterocycles. The van der Waals surface area contributed by atoms with Crippen LogP contribution in [0.4, 0.5) is 0 Å². The number of hydrogen-bond donors (Lipinski definition) is 1. The van der Waals surface area contributed by atoms with Crippen molar-refractivity contribution in [2.75, 3.05) is 39.3 Å². The number of hydrogen-bond acceptors (Lipinski definition) is 5. The second-order valence-corrected chi connectivity index (χ2v) is 9.23. The van der Waals surface area contributed by atoms with E-state index in [0.717, 1.165) is 43.2 Å². The second kappa shape index (κ2) is 7.40. The van der Waals surface area contributed by atoms with Crippen LogP contribution in [0.5, 0.6) is 0 Å². The minimum absolute atomic E-state index is 0.218. The van der Waals surface area contributed by atoms with E-state index in [4.69, 9.17) is 0 Å². The molecule has 0 spiro atoms. The average molecular weight is 346 g/mol. The SMILES string of the molecule is CCN1CCN([C@H](C)CNS(=O)(=O)c2cc(C)c(C)s2)CC1. The molecule has 0 aromatic carbocycles. The van der Waals surface area contributed by atoms with E-state index in [1.165, 1.54) is 11.3 Å². The Morgan fingerprint density at radius 1 is 1.27 bits per heavy atom. The van der Waals surface area contributed by atoms with Gasteiger partial charge in [0.25, 0.3) is 0 Å². The van der Waals surface area contributed by atoms with Gasteiger partial charge in [-0.05, 0) is 38.9 Å². The van der Waals surface area contributed by atoms with E-state index in [2.05, 4.69) is 28.4 Å². The van der Waals surface area contributed by atoms with E-state index < -0.39 is 10.0 Å². The van der Waals surface area contributed by atoms with Gasteiger partial charge in [0.15, 0.2) is 0 Å². The first kappa shape index (κ1) is 17.9. The van der Waals surface area contributed by atoms with Crippen molar-refractivity contribution < 1.29 is 8.42 Å². The summed E-state index contributed by atoms with van der Waals surface area (Å²) >= 11 is 1.34. The molecule has 0 amide bonds. The van der Waals surface area contributed by atoms with Gasteiger partial charge in [0, 0.05) is 43.6 Å². The molecular formula is C15H27N3O2S2. The van der Waals surface area contributed by atoms with Crippen molar-refractivity contribution in [1.82, 2.24) is 14.5 Å². The van der Waals surface area contributed by atoms with Crippen molar-refractivity contribution in [3.05, 3.63) is 16.5 Å². The fourth-order valence-corrected chi connectivity index (χ4v) is 5.31. The third-order valence-corrected chi connectivity index (χ3v) is 7.50. The molecule has 1 atom stereocenters. The lowest BCUT2D eigenvalue weighted by Crippen LogP contribution is -2.52. The first-order chi connectivity index (χ1) is 10.3. The van der Waals surface area contributed by atoms with Crippen molar-refractivity contribution in [3.63, 3.8) is 0 Å². The summed E-state index contributed by atoms with van der Waals surface area (Å²) < 4.78 is 27.9. The maximum absolute atomic E-state index is 12.4. The molecule has 0 radical (unpaired) electrons. The van der Waals surface area contributed by atoms with Crippen LogP contribution in [0.25, 0.3) is 0 Å². The topological polar surface area (TPSA) is 52.6 Å². The largest absolute Gasteiger partial charge is 0.301 e. The van der Waals surface area contributed by atoms with Crippen LogP contribution >= 0.6 is 11.3 Å². The van der Waals surface area contributed by atoms with Gasteiger partial charge in [-0.2, -0.15) is 0 Å². The molecule has 2 heterocycles. The van der Waals surface area contributed by atoms with Crippen LogP contribution in [0.1, 0.15) is 24.3 Å². The molecule has 1 aromatic heterocycles. The molecule has 0 bridgehead atoms. The Kier molecular flexibility index (Phi) is 6.01. The highest BCUT2D eigenvalue weighted by Crippen LogP contribution is 2.24. The lowest BCUT2D eigenvalue weighted by Gasteiger charge is -2.37. The van der Waals surface area contributed by atoms with Gasteiger partial charge in [0.1, 0.15) is 4.21 Å². The van der Waals surface area contributed by atoms with Crippen LogP contribution in [-0.2, 0) is 10.0 Å². The lowest BCUT2D eigenvalue weighted by molar-refractivity contribution is 0.107. The highest BCUT2D eigenvalue weighted by atomic mass is 32.2. The first-order valence-electron chi connectivity index (χ1n) is 7.86. The van der Waals surface area contributed by atoms with Crippen LogP contribution in [0.2, 0.25) is 0 Å². The summed E-state index contributed by atoms with van der Waals surface area (Å²) in [6.07, 6.45) is 0. The third kappa shape index (κ3) is 4.29. The molecule has 7 heteroatoms. The number of nitrogens with zero attached hydrogens (tertiary/aromatic N) is 2. The van der Waals surface area contributed by atoms with Crippen LogP contribution in [-0.4, -0.2) is 63.5 Å². The fourth-order valence-electron chi connectivity index (χ4n) is 2.62. The molecule has 0 unspecified atom stereocenters. The number of likely N-dealkylation sites (N-methyl/N-ethyl adjacent to an activating group) is 1. The van der Waals surface area contributed by atoms with Gasteiger partial charge in [0.2, 0.25) is 10.0 Å². The van der Waals surface area contributed by atoms with E-state index in [1.807, 2.05) is 13.8 Å². The molecule has 1 aliphatic heterocycles. The standard InChI is InChI=1S/C15H27N3O2S2/c1-5-17-6-8-18(9-7-17)13(3)11-16-22(19,20)15-10-12(2)14(4)21-15/h10,13,16H,5-9,11H2,1-4H3/t13-/m1/s1. The van der Waals surface area contributed by atoms with E-state index in [-0.39, 0.29) is 6.04 Å². The molecule has 5 nitrogen and oxygen atoms in total. The maximum atomic E-state index is 12.4. The Morgan fingerprint density at radius 3 is 2.41 bits per heavy atom. The van der Waals surface area contributed by atoms with Crippen molar-refractivity contribution in [2.24, 2.45) is 0 Å². The van der Waals surface area contributed by atoms with E-state index >= 15 is 0 Å². The van der Waals surface area contributed by atoms with Gasteiger partial charge in [0.05, 0.1) is 0 Å². The maximum Gasteiger partial charge on any atom is 0.250 e. The lowest BCUT2D eigenvalue weighted by atomic mass is 10.2. The number of aryl methyl sites for hydroxylation is 2. The van der Waals surface area contributed by atoms with E-state index in [1.54, 1.807) is 6.07 Å². The van der Waals surface area contributed by atoms with E-state index in [0.29, 0.717) is 10.8 Å². The van der Waals surface area contributed by atoms with Gasteiger partial charge in [-0.3, -0.25) is 4.90 Å². The predicted octanol–water partition coefficient (Wildman–Crippen LogP) is 1.67. The van der Waals surface area contributed by atoms with Crippen molar-refractivity contribution in [1.29, 1.82) is 0 Å². The molecule has 1 N–H and O–H groups in total. The van der Waals surface area contributed by atoms with Gasteiger partial charge in [-0.1, -0.05) is 6.92 Å². The highest BCUT2D eigenvalue weighted by molar-refractivity contribution is 7.91. The number of sulfonamides is 1. The minimum atomic E-state index is -3.38. The third-order valence-electron chi connectivity index (χ3n) is 4.45. The number of nitrogens with one attached hydrogen (secondary N) is 1. The van der Waals surface area contributed by atoms with Crippen LogP contribution in [0, 0.1) is 13.8 Å². The van der Waals surface area contributed by atoms with Gasteiger partial charge < -0.3 is 4.90 Å². The average Bonchev–Trinajstić information content (AvgIpc) is 2.85. The Bertz CT molecular complexity index is 570. The van der Waals surface area contributed by atoms with E-state index in [9.17, 15) is 8.42 Å². The van der Waals surface area contributed by atoms with Crippen molar-refractivity contribution in [3.8, 4) is 0 Å². The summed E-state index contributed by atoms with van der Waals surface area (Å²) in [6.45, 7) is 13.9. The van der Waals surface area contributed by atoms with Crippen LogP contribution < -0.4 is 4.72 Å². The Morgan fingerprint density at radius 2 is 1.91 bits per heavy atom. The Balaban J connectivity index is 1.89. The number of thiophene rings is 1. The Labute approximate surface area is 138 Å². The molecule has 22 heavy (non-hydrogen) atoms. The molecule has 0 aliphatic carbocycles. The van der Waals surface area contributed by atoms with Crippen molar-refractivity contribution in [2.45, 2.75) is 37.9 Å². The van der Waals surface area contributed by atoms with Crippen LogP contribution in [0.3, 0.4) is 0 Å². The molecule has 126 valence electrons. The number of rotatable bonds is 6. The summed E-state index contributed by atoms with van der Waals surface area (Å²) in [6, 6.07) is 1.98. The molecule has 1 aromatic rings. The molecule has 1 aliphatic rings. The predicted molar refractivity (Wildman–Crippen MR) is 92.1 cm³/mol. The Hall–Kier alpha value is -0.470. The summed E-state index contributed by atoms with van der Waals surface area (Å²) in [7, 11) is -3.38. The summed E-state index contributed by atoms with van der Waals surface area (Å²) in [5, 5.41) is 0. The monoisotopic (exact) mass is 345 g/mol. The van der Waals surface area contributed by atoms with Gasteiger partial charge >= 0.3 is 0 Å². The van der Waals surface area contributed by atoms with Crippen molar-refractivity contribution >= 4 is 21.4 Å². The highest BCUT2D eigenvalue weighted by Gasteiger charge is 2.23. The summed E-state index contributed by atoms with van der Waals surface area (Å²) in [5.74, 6) is 0. The number of piperazine rings is 1. The van der Waals surface area contributed by atoms with Gasteiger partial charge in [-0.25, -0.2) is 13.1 Å². The summed E-state index contributed by atoms with van der Waals surface area (Å²) in [5.41, 5.74) is 1.04.